The number of piperazine rings is 1. The third kappa shape index (κ3) is 4.48. The number of nitrogens with one attached hydrogen (secondary N) is 1. The highest BCUT2D eigenvalue weighted by molar-refractivity contribution is 7.98. The van der Waals surface area contributed by atoms with E-state index < -0.39 is 0 Å². The molecule has 0 bridgehead atoms. The van der Waals surface area contributed by atoms with Crippen LogP contribution >= 0.6 is 11.8 Å². The molecule has 1 saturated heterocycles. The lowest BCUT2D eigenvalue weighted by Gasteiger charge is -2.36. The highest BCUT2D eigenvalue weighted by Crippen LogP contribution is 2.28. The van der Waals surface area contributed by atoms with Gasteiger partial charge in [-0.05, 0) is 30.9 Å². The van der Waals surface area contributed by atoms with Gasteiger partial charge < -0.3 is 15.1 Å². The van der Waals surface area contributed by atoms with Gasteiger partial charge in [0.1, 0.15) is 0 Å². The summed E-state index contributed by atoms with van der Waals surface area (Å²) < 4.78 is 0. The van der Waals surface area contributed by atoms with Crippen LogP contribution in [-0.2, 0) is 6.54 Å². The molecule has 25 heavy (non-hydrogen) atoms. The highest BCUT2D eigenvalue weighted by Gasteiger charge is 2.22. The second-order valence-electron chi connectivity index (χ2n) is 6.29. The Morgan fingerprint density at radius 2 is 1.72 bits per heavy atom. The maximum absolute atomic E-state index is 12.4. The summed E-state index contributed by atoms with van der Waals surface area (Å²) in [5, 5.41) is 3.03. The van der Waals surface area contributed by atoms with Crippen molar-refractivity contribution < 1.29 is 4.79 Å². The summed E-state index contributed by atoms with van der Waals surface area (Å²) in [7, 11) is 0. The molecule has 3 rings (SSSR count). The number of nitrogens with zero attached hydrogens (tertiary/aromatic N) is 2. The van der Waals surface area contributed by atoms with Crippen LogP contribution in [0.1, 0.15) is 11.1 Å². The van der Waals surface area contributed by atoms with Crippen molar-refractivity contribution in [1.82, 2.24) is 10.2 Å². The van der Waals surface area contributed by atoms with Crippen LogP contribution in [-0.4, -0.2) is 43.4 Å². The molecule has 0 radical (unpaired) electrons. The van der Waals surface area contributed by atoms with Gasteiger partial charge in [0.2, 0.25) is 0 Å². The molecule has 5 heteroatoms. The Morgan fingerprint density at radius 3 is 2.40 bits per heavy atom. The number of benzene rings is 2. The van der Waals surface area contributed by atoms with Crippen molar-refractivity contribution in [3.05, 3.63) is 59.7 Å². The third-order valence-electron chi connectivity index (χ3n) is 4.56. The largest absolute Gasteiger partial charge is 0.367 e. The fourth-order valence-electron chi connectivity index (χ4n) is 3.04. The van der Waals surface area contributed by atoms with Crippen molar-refractivity contribution in [2.24, 2.45) is 0 Å². The van der Waals surface area contributed by atoms with Crippen LogP contribution in [0.5, 0.6) is 0 Å². The monoisotopic (exact) mass is 355 g/mol. The summed E-state index contributed by atoms with van der Waals surface area (Å²) >= 11 is 1.77. The van der Waals surface area contributed by atoms with Crippen molar-refractivity contribution in [1.29, 1.82) is 0 Å². The van der Waals surface area contributed by atoms with Crippen LogP contribution in [0.4, 0.5) is 10.5 Å². The Kier molecular flexibility index (Phi) is 5.87. The first-order valence-corrected chi connectivity index (χ1v) is 9.86. The van der Waals surface area contributed by atoms with Crippen molar-refractivity contribution >= 4 is 23.5 Å². The molecule has 0 aromatic heterocycles. The fraction of sp³-hybridized carbons (Fsp3) is 0.350. The Bertz CT molecular complexity index is 709. The second kappa shape index (κ2) is 8.30. The van der Waals surface area contributed by atoms with Gasteiger partial charge >= 0.3 is 6.03 Å². The standard InChI is InChI=1S/C20H25N3OS/c1-16-7-9-17(10-8-16)15-21-20(24)23-13-11-22(12-14-23)18-5-3-4-6-19(18)25-2/h3-10H,11-15H2,1-2H3,(H,21,24). The Hall–Kier alpha value is -2.14. The summed E-state index contributed by atoms with van der Waals surface area (Å²) in [5.41, 5.74) is 3.64. The molecule has 1 aliphatic heterocycles. The second-order valence-corrected chi connectivity index (χ2v) is 7.14. The minimum Gasteiger partial charge on any atom is -0.367 e. The summed E-state index contributed by atoms with van der Waals surface area (Å²) in [6.07, 6.45) is 2.10. The zero-order chi connectivity index (χ0) is 17.6. The number of hydrogen-bond acceptors (Lipinski definition) is 3. The lowest BCUT2D eigenvalue weighted by molar-refractivity contribution is 0.194. The van der Waals surface area contributed by atoms with E-state index in [1.165, 1.54) is 16.1 Å². The van der Waals surface area contributed by atoms with Gasteiger partial charge in [0.25, 0.3) is 0 Å². The van der Waals surface area contributed by atoms with Crippen LogP contribution in [0.3, 0.4) is 0 Å². The van der Waals surface area contributed by atoms with Crippen molar-refractivity contribution in [3.63, 3.8) is 0 Å². The van der Waals surface area contributed by atoms with Gasteiger partial charge in [0.15, 0.2) is 0 Å². The van der Waals surface area contributed by atoms with Crippen molar-refractivity contribution in [2.45, 2.75) is 18.4 Å². The van der Waals surface area contributed by atoms with E-state index in [2.05, 4.69) is 71.9 Å². The first-order valence-electron chi connectivity index (χ1n) is 8.63. The number of hydrogen-bond donors (Lipinski definition) is 1. The molecule has 1 aliphatic rings. The van der Waals surface area contributed by atoms with Gasteiger partial charge in [0, 0.05) is 37.6 Å². The number of aryl methyl sites for hydroxylation is 1. The molecule has 0 atom stereocenters. The summed E-state index contributed by atoms with van der Waals surface area (Å²) in [6.45, 7) is 5.89. The molecule has 1 fully saturated rings. The molecule has 0 aliphatic carbocycles. The Morgan fingerprint density at radius 1 is 1.04 bits per heavy atom. The van der Waals surface area contributed by atoms with E-state index in [-0.39, 0.29) is 6.03 Å². The molecular formula is C20H25N3OS. The van der Waals surface area contributed by atoms with E-state index in [1.807, 2.05) is 4.90 Å². The molecular weight excluding hydrogens is 330 g/mol. The maximum Gasteiger partial charge on any atom is 0.317 e. The molecule has 1 N–H and O–H groups in total. The lowest BCUT2D eigenvalue weighted by atomic mass is 10.1. The van der Waals surface area contributed by atoms with Crippen LogP contribution < -0.4 is 10.2 Å². The number of anilines is 1. The number of carbonyl (C=O) groups is 1. The fourth-order valence-corrected chi connectivity index (χ4v) is 3.66. The zero-order valence-corrected chi connectivity index (χ0v) is 15.7. The number of urea groups is 1. The summed E-state index contributed by atoms with van der Waals surface area (Å²) in [5.74, 6) is 0. The molecule has 1 heterocycles. The van der Waals surface area contributed by atoms with Crippen LogP contribution in [0.2, 0.25) is 0 Å². The molecule has 0 spiro atoms. The van der Waals surface area contributed by atoms with Gasteiger partial charge in [-0.25, -0.2) is 4.79 Å². The average Bonchev–Trinajstić information content (AvgIpc) is 2.67. The van der Waals surface area contributed by atoms with Gasteiger partial charge in [-0.3, -0.25) is 0 Å². The van der Waals surface area contributed by atoms with Gasteiger partial charge in [-0.15, -0.1) is 11.8 Å². The third-order valence-corrected chi connectivity index (χ3v) is 5.34. The van der Waals surface area contributed by atoms with Crippen molar-refractivity contribution in [3.8, 4) is 0 Å². The first-order chi connectivity index (χ1) is 12.2. The predicted octanol–water partition coefficient (Wildman–Crippen LogP) is 3.75. The molecule has 132 valence electrons. The van der Waals surface area contributed by atoms with Gasteiger partial charge in [-0.1, -0.05) is 42.0 Å². The van der Waals surface area contributed by atoms with Crippen LogP contribution in [0.15, 0.2) is 53.4 Å². The van der Waals surface area contributed by atoms with Crippen molar-refractivity contribution in [2.75, 3.05) is 37.3 Å². The number of carbonyl (C=O) groups excluding carboxylic acids is 1. The minimum atomic E-state index is 0.0263. The molecule has 0 unspecified atom stereocenters. The summed E-state index contributed by atoms with van der Waals surface area (Å²) in [4.78, 5) is 18.0. The van der Waals surface area contributed by atoms with E-state index in [9.17, 15) is 4.79 Å². The van der Waals surface area contributed by atoms with E-state index in [1.54, 1.807) is 11.8 Å². The predicted molar refractivity (Wildman–Crippen MR) is 105 cm³/mol. The lowest BCUT2D eigenvalue weighted by Crippen LogP contribution is -2.51. The van der Waals surface area contributed by atoms with E-state index in [0.29, 0.717) is 6.54 Å². The van der Waals surface area contributed by atoms with E-state index in [0.717, 1.165) is 31.7 Å². The van der Waals surface area contributed by atoms with Gasteiger partial charge in [0.05, 0.1) is 5.69 Å². The molecule has 2 amide bonds. The topological polar surface area (TPSA) is 35.6 Å². The number of rotatable bonds is 4. The number of para-hydroxylation sites is 1. The molecule has 2 aromatic rings. The SMILES string of the molecule is CSc1ccccc1N1CCN(C(=O)NCc2ccc(C)cc2)CC1. The molecule has 4 nitrogen and oxygen atoms in total. The number of amides is 2. The minimum absolute atomic E-state index is 0.0263. The maximum atomic E-state index is 12.4. The molecule has 2 aromatic carbocycles. The Labute approximate surface area is 154 Å². The quantitative estimate of drug-likeness (QED) is 0.849. The average molecular weight is 356 g/mol. The molecule has 0 saturated carbocycles. The summed E-state index contributed by atoms with van der Waals surface area (Å²) in [6, 6.07) is 16.8. The number of thioether (sulfide) groups is 1. The zero-order valence-electron chi connectivity index (χ0n) is 14.9. The van der Waals surface area contributed by atoms with Crippen LogP contribution in [0.25, 0.3) is 0 Å². The highest BCUT2D eigenvalue weighted by atomic mass is 32.2. The van der Waals surface area contributed by atoms with E-state index >= 15 is 0 Å². The van der Waals surface area contributed by atoms with Gasteiger partial charge in [-0.2, -0.15) is 0 Å². The smallest absolute Gasteiger partial charge is 0.317 e. The normalized spacial score (nSPS) is 14.5. The first kappa shape index (κ1) is 17.7. The Balaban J connectivity index is 1.51. The van der Waals surface area contributed by atoms with E-state index in [4.69, 9.17) is 0 Å². The van der Waals surface area contributed by atoms with Crippen LogP contribution in [0, 0.1) is 6.92 Å².